The molecule has 0 heterocycles. The monoisotopic (exact) mass is 488 g/mol. The van der Waals surface area contributed by atoms with Gasteiger partial charge in [-0.15, -0.1) is 0 Å². The van der Waals surface area contributed by atoms with Crippen LogP contribution in [0, 0.1) is 39.0 Å². The number of benzene rings is 3. The molecular formula is C29H29ClN2O3. The maximum absolute atomic E-state index is 12.8. The van der Waals surface area contributed by atoms with Crippen LogP contribution in [0.3, 0.4) is 0 Å². The summed E-state index contributed by atoms with van der Waals surface area (Å²) in [6, 6.07) is 17.3. The first kappa shape index (κ1) is 25.9. The van der Waals surface area contributed by atoms with E-state index in [9.17, 15) is 10.1 Å². The highest BCUT2D eigenvalue weighted by Gasteiger charge is 2.16. The van der Waals surface area contributed by atoms with Gasteiger partial charge in [0.25, 0.3) is 5.91 Å². The minimum atomic E-state index is -0.495. The van der Waals surface area contributed by atoms with Crippen LogP contribution in [0.25, 0.3) is 6.08 Å². The van der Waals surface area contributed by atoms with E-state index in [1.165, 1.54) is 17.2 Å². The van der Waals surface area contributed by atoms with Crippen molar-refractivity contribution in [1.29, 1.82) is 5.26 Å². The number of aryl methyl sites for hydroxylation is 4. The van der Waals surface area contributed by atoms with E-state index in [1.54, 1.807) is 12.1 Å². The number of hydrogen-bond donors (Lipinski definition) is 1. The fourth-order valence-corrected chi connectivity index (χ4v) is 3.77. The Kier molecular flexibility index (Phi) is 8.57. The molecule has 0 bridgehead atoms. The number of nitriles is 1. The zero-order chi connectivity index (χ0) is 25.5. The predicted octanol–water partition coefficient (Wildman–Crippen LogP) is 7.10. The number of ether oxygens (including phenoxy) is 2. The van der Waals surface area contributed by atoms with Gasteiger partial charge in [-0.05, 0) is 92.3 Å². The molecule has 1 amide bonds. The second-order valence-corrected chi connectivity index (χ2v) is 8.82. The molecule has 0 fully saturated rings. The van der Waals surface area contributed by atoms with Gasteiger partial charge in [0.1, 0.15) is 18.2 Å². The van der Waals surface area contributed by atoms with Crippen molar-refractivity contribution >= 4 is 29.3 Å². The average molecular weight is 489 g/mol. The van der Waals surface area contributed by atoms with E-state index in [-0.39, 0.29) is 5.57 Å². The summed E-state index contributed by atoms with van der Waals surface area (Å²) in [6.45, 7) is 10.6. The molecule has 0 aromatic heterocycles. The largest absolute Gasteiger partial charge is 0.490 e. The Morgan fingerprint density at radius 3 is 2.43 bits per heavy atom. The minimum absolute atomic E-state index is 0.0479. The van der Waals surface area contributed by atoms with Crippen molar-refractivity contribution in [3.8, 4) is 17.6 Å². The fraction of sp³-hybridized carbons (Fsp3) is 0.241. The van der Waals surface area contributed by atoms with Crippen LogP contribution in [-0.2, 0) is 11.4 Å². The van der Waals surface area contributed by atoms with Gasteiger partial charge in [-0.3, -0.25) is 4.79 Å². The van der Waals surface area contributed by atoms with Crippen molar-refractivity contribution in [1.82, 2.24) is 0 Å². The second kappa shape index (κ2) is 11.6. The summed E-state index contributed by atoms with van der Waals surface area (Å²) < 4.78 is 11.8. The molecule has 35 heavy (non-hydrogen) atoms. The van der Waals surface area contributed by atoms with E-state index in [2.05, 4.69) is 31.3 Å². The van der Waals surface area contributed by atoms with E-state index >= 15 is 0 Å². The summed E-state index contributed by atoms with van der Waals surface area (Å²) in [4.78, 5) is 12.8. The molecule has 0 aliphatic heterocycles. The highest BCUT2D eigenvalue weighted by Crippen LogP contribution is 2.38. The molecular weight excluding hydrogens is 460 g/mol. The summed E-state index contributed by atoms with van der Waals surface area (Å²) >= 11 is 6.55. The molecule has 5 nitrogen and oxygen atoms in total. The van der Waals surface area contributed by atoms with Crippen LogP contribution in [0.15, 0.2) is 54.1 Å². The molecule has 0 atom stereocenters. The second-order valence-electron chi connectivity index (χ2n) is 8.41. The summed E-state index contributed by atoms with van der Waals surface area (Å²) in [7, 11) is 0. The van der Waals surface area contributed by atoms with Crippen molar-refractivity contribution in [2.24, 2.45) is 0 Å². The number of amides is 1. The highest BCUT2D eigenvalue weighted by atomic mass is 35.5. The first-order valence-electron chi connectivity index (χ1n) is 11.4. The average Bonchev–Trinajstić information content (AvgIpc) is 2.81. The van der Waals surface area contributed by atoms with Gasteiger partial charge in [-0.25, -0.2) is 0 Å². The Balaban J connectivity index is 1.86. The first-order valence-corrected chi connectivity index (χ1v) is 11.7. The van der Waals surface area contributed by atoms with E-state index in [0.29, 0.717) is 41.0 Å². The predicted molar refractivity (Wildman–Crippen MR) is 141 cm³/mol. The molecule has 1 N–H and O–H groups in total. The number of carbonyl (C=O) groups excluding carboxylic acids is 1. The Morgan fingerprint density at radius 2 is 1.74 bits per heavy atom. The molecule has 6 heteroatoms. The van der Waals surface area contributed by atoms with Gasteiger partial charge < -0.3 is 14.8 Å². The lowest BCUT2D eigenvalue weighted by Gasteiger charge is -2.15. The molecule has 3 aromatic carbocycles. The molecule has 0 aliphatic carbocycles. The van der Waals surface area contributed by atoms with E-state index < -0.39 is 5.91 Å². The van der Waals surface area contributed by atoms with Crippen LogP contribution in [0.5, 0.6) is 11.5 Å². The molecule has 0 spiro atoms. The van der Waals surface area contributed by atoms with Crippen LogP contribution in [-0.4, -0.2) is 12.5 Å². The van der Waals surface area contributed by atoms with Crippen molar-refractivity contribution in [2.45, 2.75) is 41.2 Å². The zero-order valence-corrected chi connectivity index (χ0v) is 21.4. The SMILES string of the molecule is CCOc1cc(/C=C(\C#N)C(=O)Nc2cc(C)ccc2C)cc(Cl)c1OCc1ccc(C)c(C)c1. The highest BCUT2D eigenvalue weighted by molar-refractivity contribution is 6.32. The minimum Gasteiger partial charge on any atom is -0.490 e. The molecule has 0 aliphatic rings. The third-order valence-corrected chi connectivity index (χ3v) is 5.88. The standard InChI is InChI=1S/C29H29ClN2O3/c1-6-34-27-15-23(13-24(16-31)29(33)32-26-11-18(2)7-8-20(26)4)14-25(30)28(27)35-17-22-10-9-19(3)21(5)12-22/h7-15H,6,17H2,1-5H3,(H,32,33)/b24-13+. The summed E-state index contributed by atoms with van der Waals surface area (Å²) in [5.41, 5.74) is 6.52. The Morgan fingerprint density at radius 1 is 1.00 bits per heavy atom. The first-order chi connectivity index (χ1) is 16.7. The van der Waals surface area contributed by atoms with Crippen molar-refractivity contribution in [3.05, 3.63) is 92.5 Å². The topological polar surface area (TPSA) is 71.3 Å². The van der Waals surface area contributed by atoms with Crippen LogP contribution >= 0.6 is 11.6 Å². The number of anilines is 1. The summed E-state index contributed by atoms with van der Waals surface area (Å²) in [5.74, 6) is 0.370. The molecule has 180 valence electrons. The number of hydrogen-bond acceptors (Lipinski definition) is 4. The van der Waals surface area contributed by atoms with Gasteiger partial charge in [0.2, 0.25) is 0 Å². The van der Waals surface area contributed by atoms with Crippen molar-refractivity contribution in [3.63, 3.8) is 0 Å². The third-order valence-electron chi connectivity index (χ3n) is 5.60. The van der Waals surface area contributed by atoms with Crippen LogP contribution < -0.4 is 14.8 Å². The Hall–Kier alpha value is -3.75. The Bertz CT molecular complexity index is 1320. The van der Waals surface area contributed by atoms with Gasteiger partial charge in [0.05, 0.1) is 11.6 Å². The smallest absolute Gasteiger partial charge is 0.266 e. The van der Waals surface area contributed by atoms with E-state index in [1.807, 2.05) is 51.1 Å². The number of halogens is 1. The van der Waals surface area contributed by atoms with Gasteiger partial charge in [0.15, 0.2) is 11.5 Å². The Labute approximate surface area is 212 Å². The third kappa shape index (κ3) is 6.65. The molecule has 3 aromatic rings. The van der Waals surface area contributed by atoms with E-state index in [4.69, 9.17) is 21.1 Å². The summed E-state index contributed by atoms with van der Waals surface area (Å²) in [6.07, 6.45) is 1.49. The number of nitrogens with one attached hydrogen (secondary N) is 1. The number of rotatable bonds is 8. The molecule has 0 unspecified atom stereocenters. The van der Waals surface area contributed by atoms with E-state index in [0.717, 1.165) is 16.7 Å². The molecule has 3 rings (SSSR count). The lowest BCUT2D eigenvalue weighted by atomic mass is 10.1. The maximum atomic E-state index is 12.8. The molecule has 0 radical (unpaired) electrons. The summed E-state index contributed by atoms with van der Waals surface area (Å²) in [5, 5.41) is 12.8. The number of carbonyl (C=O) groups is 1. The zero-order valence-electron chi connectivity index (χ0n) is 20.7. The fourth-order valence-electron chi connectivity index (χ4n) is 3.50. The van der Waals surface area contributed by atoms with Crippen LogP contribution in [0.4, 0.5) is 5.69 Å². The van der Waals surface area contributed by atoms with Crippen molar-refractivity contribution < 1.29 is 14.3 Å². The number of nitrogens with zero attached hydrogens (tertiary/aromatic N) is 1. The van der Waals surface area contributed by atoms with Gasteiger partial charge in [-0.1, -0.05) is 41.9 Å². The van der Waals surface area contributed by atoms with Gasteiger partial charge in [0, 0.05) is 5.69 Å². The normalized spacial score (nSPS) is 11.1. The van der Waals surface area contributed by atoms with Gasteiger partial charge in [-0.2, -0.15) is 5.26 Å². The molecule has 0 saturated carbocycles. The van der Waals surface area contributed by atoms with Crippen LogP contribution in [0.2, 0.25) is 5.02 Å². The van der Waals surface area contributed by atoms with Crippen LogP contribution in [0.1, 0.15) is 40.3 Å². The maximum Gasteiger partial charge on any atom is 0.266 e. The van der Waals surface area contributed by atoms with Gasteiger partial charge >= 0.3 is 0 Å². The van der Waals surface area contributed by atoms with Crippen molar-refractivity contribution in [2.75, 3.05) is 11.9 Å². The lowest BCUT2D eigenvalue weighted by molar-refractivity contribution is -0.112. The lowest BCUT2D eigenvalue weighted by Crippen LogP contribution is -2.14. The molecule has 0 saturated heterocycles. The quantitative estimate of drug-likeness (QED) is 0.271.